The summed E-state index contributed by atoms with van der Waals surface area (Å²) in [5.74, 6) is 1.96. The third-order valence-electron chi connectivity index (χ3n) is 5.57. The van der Waals surface area contributed by atoms with Crippen LogP contribution in [0.2, 0.25) is 0 Å². The molecule has 0 bridgehead atoms. The molecule has 32 heavy (non-hydrogen) atoms. The van der Waals surface area contributed by atoms with E-state index in [1.165, 1.54) is 0 Å². The molecule has 0 saturated heterocycles. The Bertz CT molecular complexity index is 985. The van der Waals surface area contributed by atoms with Crippen LogP contribution >= 0.6 is 0 Å². The molecule has 1 aromatic heterocycles. The number of para-hydroxylation sites is 3. The fourth-order valence-electron chi connectivity index (χ4n) is 3.73. The zero-order valence-electron chi connectivity index (χ0n) is 19.8. The lowest BCUT2D eigenvalue weighted by Gasteiger charge is -2.29. The zero-order valence-corrected chi connectivity index (χ0v) is 19.8. The quantitative estimate of drug-likeness (QED) is 0.438. The second-order valence-electron chi connectivity index (χ2n) is 8.34. The van der Waals surface area contributed by atoms with Gasteiger partial charge in [0.05, 0.1) is 30.2 Å². The summed E-state index contributed by atoms with van der Waals surface area (Å²) in [6.45, 7) is 9.63. The van der Waals surface area contributed by atoms with Crippen molar-refractivity contribution in [2.75, 3.05) is 13.7 Å². The lowest BCUT2D eigenvalue weighted by molar-refractivity contribution is 0.0837. The highest BCUT2D eigenvalue weighted by molar-refractivity contribution is 5.47. The van der Waals surface area contributed by atoms with Crippen molar-refractivity contribution in [2.45, 2.75) is 59.2 Å². The van der Waals surface area contributed by atoms with Crippen molar-refractivity contribution in [2.24, 2.45) is 0 Å². The number of hydrogen-bond acceptors (Lipinski definition) is 5. The second kappa shape index (κ2) is 11.2. The van der Waals surface area contributed by atoms with Gasteiger partial charge in [0.2, 0.25) is 5.88 Å². The fourth-order valence-corrected chi connectivity index (χ4v) is 3.73. The fraction of sp³-hybridized carbons (Fsp3) is 0.423. The van der Waals surface area contributed by atoms with Gasteiger partial charge in [0.15, 0.2) is 11.5 Å². The first-order valence-corrected chi connectivity index (χ1v) is 11.3. The van der Waals surface area contributed by atoms with E-state index in [1.807, 2.05) is 66.2 Å². The number of nitrogens with zero attached hydrogens (tertiary/aromatic N) is 3. The average molecular weight is 438 g/mol. The molecular formula is C26H35N3O3. The molecule has 0 amide bonds. The van der Waals surface area contributed by atoms with Crippen LogP contribution in [-0.2, 0) is 6.54 Å². The molecule has 3 aromatic rings. The van der Waals surface area contributed by atoms with Gasteiger partial charge in [0, 0.05) is 19.1 Å². The van der Waals surface area contributed by atoms with E-state index in [1.54, 1.807) is 7.11 Å². The zero-order chi connectivity index (χ0) is 23.1. The summed E-state index contributed by atoms with van der Waals surface area (Å²) >= 11 is 0. The molecule has 0 aliphatic rings. The minimum Gasteiger partial charge on any atom is -0.493 e. The first-order valence-electron chi connectivity index (χ1n) is 11.3. The van der Waals surface area contributed by atoms with Gasteiger partial charge in [-0.15, -0.1) is 0 Å². The average Bonchev–Trinajstić information content (AvgIpc) is 3.09. The smallest absolute Gasteiger partial charge is 0.227 e. The van der Waals surface area contributed by atoms with Gasteiger partial charge in [-0.3, -0.25) is 4.90 Å². The summed E-state index contributed by atoms with van der Waals surface area (Å²) < 4.78 is 13.8. The van der Waals surface area contributed by atoms with Crippen molar-refractivity contribution in [1.82, 2.24) is 14.7 Å². The van der Waals surface area contributed by atoms with Crippen molar-refractivity contribution in [3.05, 3.63) is 65.9 Å². The number of aryl methyl sites for hydroxylation is 1. The normalized spacial score (nSPS) is 12.4. The van der Waals surface area contributed by atoms with Crippen LogP contribution in [0.15, 0.2) is 54.6 Å². The predicted molar refractivity (Wildman–Crippen MR) is 128 cm³/mol. The molecule has 172 valence electrons. The summed E-state index contributed by atoms with van der Waals surface area (Å²) in [6.07, 6.45) is 1.39. The summed E-state index contributed by atoms with van der Waals surface area (Å²) in [7, 11) is 1.64. The maximum Gasteiger partial charge on any atom is 0.227 e. The Morgan fingerprint density at radius 3 is 2.31 bits per heavy atom. The molecule has 0 radical (unpaired) electrons. The molecule has 3 rings (SSSR count). The molecule has 1 heterocycles. The van der Waals surface area contributed by atoms with Gasteiger partial charge in [-0.05, 0) is 51.5 Å². The number of aliphatic hydroxyl groups excluding tert-OH is 1. The summed E-state index contributed by atoms with van der Waals surface area (Å²) in [5, 5.41) is 15.3. The molecule has 6 nitrogen and oxygen atoms in total. The predicted octanol–water partition coefficient (Wildman–Crippen LogP) is 5.35. The maximum atomic E-state index is 10.5. The van der Waals surface area contributed by atoms with Crippen molar-refractivity contribution >= 4 is 0 Å². The monoisotopic (exact) mass is 437 g/mol. The second-order valence-corrected chi connectivity index (χ2v) is 8.34. The Morgan fingerprint density at radius 2 is 1.69 bits per heavy atom. The number of rotatable bonds is 11. The van der Waals surface area contributed by atoms with E-state index in [9.17, 15) is 5.11 Å². The molecule has 0 saturated carbocycles. The SMILES string of the molecule is CCC[C@H](O)CN(Cc1c(C)nn(-c2ccccc2)c1Oc1ccccc1OC)C(C)C. The van der Waals surface area contributed by atoms with Crippen molar-refractivity contribution in [1.29, 1.82) is 0 Å². The van der Waals surface area contributed by atoms with Crippen LogP contribution in [0, 0.1) is 6.92 Å². The van der Waals surface area contributed by atoms with E-state index in [0.717, 1.165) is 29.8 Å². The summed E-state index contributed by atoms with van der Waals surface area (Å²) in [6, 6.07) is 17.9. The van der Waals surface area contributed by atoms with E-state index in [-0.39, 0.29) is 12.1 Å². The van der Waals surface area contributed by atoms with Gasteiger partial charge in [0.25, 0.3) is 0 Å². The van der Waals surface area contributed by atoms with Crippen LogP contribution in [0.25, 0.3) is 5.69 Å². The van der Waals surface area contributed by atoms with Crippen molar-refractivity contribution in [3.63, 3.8) is 0 Å². The van der Waals surface area contributed by atoms with E-state index in [2.05, 4.69) is 25.7 Å². The topological polar surface area (TPSA) is 59.8 Å². The van der Waals surface area contributed by atoms with Gasteiger partial charge >= 0.3 is 0 Å². The van der Waals surface area contributed by atoms with Gasteiger partial charge < -0.3 is 14.6 Å². The summed E-state index contributed by atoms with van der Waals surface area (Å²) in [4.78, 5) is 2.27. The van der Waals surface area contributed by atoms with E-state index >= 15 is 0 Å². The van der Waals surface area contributed by atoms with Crippen LogP contribution < -0.4 is 9.47 Å². The third kappa shape index (κ3) is 5.69. The van der Waals surface area contributed by atoms with Gasteiger partial charge in [0.1, 0.15) is 0 Å². The van der Waals surface area contributed by atoms with Crippen LogP contribution in [-0.4, -0.2) is 45.6 Å². The van der Waals surface area contributed by atoms with E-state index in [4.69, 9.17) is 14.6 Å². The van der Waals surface area contributed by atoms with Gasteiger partial charge in [-0.2, -0.15) is 5.10 Å². The highest BCUT2D eigenvalue weighted by Crippen LogP contribution is 2.36. The van der Waals surface area contributed by atoms with Crippen LogP contribution in [0.1, 0.15) is 44.9 Å². The molecule has 1 atom stereocenters. The minimum absolute atomic E-state index is 0.264. The van der Waals surface area contributed by atoms with Gasteiger partial charge in [-0.1, -0.05) is 43.7 Å². The summed E-state index contributed by atoms with van der Waals surface area (Å²) in [5.41, 5.74) is 2.82. The largest absolute Gasteiger partial charge is 0.493 e. The lowest BCUT2D eigenvalue weighted by Crippen LogP contribution is -2.37. The number of aromatic nitrogens is 2. The molecule has 2 aromatic carbocycles. The lowest BCUT2D eigenvalue weighted by atomic mass is 10.1. The molecule has 0 spiro atoms. The maximum absolute atomic E-state index is 10.5. The molecular weight excluding hydrogens is 402 g/mol. The highest BCUT2D eigenvalue weighted by atomic mass is 16.5. The number of methoxy groups -OCH3 is 1. The highest BCUT2D eigenvalue weighted by Gasteiger charge is 2.24. The number of hydrogen-bond donors (Lipinski definition) is 1. The number of benzene rings is 2. The standard InChI is InChI=1S/C26H35N3O3/c1-6-12-22(30)17-28(19(2)3)18-23-20(4)27-29(21-13-8-7-9-14-21)26(23)32-25-16-11-10-15-24(25)31-5/h7-11,13-16,19,22,30H,6,12,17-18H2,1-5H3/t22-/m0/s1. The Kier molecular flexibility index (Phi) is 8.31. The molecule has 6 heteroatoms. The molecule has 1 N–H and O–H groups in total. The first kappa shape index (κ1) is 23.8. The Hall–Kier alpha value is -2.83. The number of aliphatic hydroxyl groups is 1. The molecule has 0 aliphatic heterocycles. The molecule has 0 fully saturated rings. The molecule has 0 unspecified atom stereocenters. The Balaban J connectivity index is 2.04. The van der Waals surface area contributed by atoms with E-state index in [0.29, 0.717) is 30.5 Å². The Labute approximate surface area is 191 Å². The number of ether oxygens (including phenoxy) is 2. The van der Waals surface area contributed by atoms with Crippen LogP contribution in [0.5, 0.6) is 17.4 Å². The third-order valence-corrected chi connectivity index (χ3v) is 5.57. The first-order chi connectivity index (χ1) is 15.4. The Morgan fingerprint density at radius 1 is 1.03 bits per heavy atom. The van der Waals surface area contributed by atoms with Crippen molar-refractivity contribution in [3.8, 4) is 23.1 Å². The minimum atomic E-state index is -0.356. The van der Waals surface area contributed by atoms with Gasteiger partial charge in [-0.25, -0.2) is 4.68 Å². The van der Waals surface area contributed by atoms with E-state index < -0.39 is 0 Å². The molecule has 0 aliphatic carbocycles. The van der Waals surface area contributed by atoms with Crippen LogP contribution in [0.3, 0.4) is 0 Å². The van der Waals surface area contributed by atoms with Crippen LogP contribution in [0.4, 0.5) is 0 Å². The van der Waals surface area contributed by atoms with Crippen molar-refractivity contribution < 1.29 is 14.6 Å².